The predicted molar refractivity (Wildman–Crippen MR) is 126 cm³/mol. The van der Waals surface area contributed by atoms with E-state index in [-0.39, 0.29) is 6.04 Å². The molecule has 0 radical (unpaired) electrons. The average Bonchev–Trinajstić information content (AvgIpc) is 3.54. The first kappa shape index (κ1) is 19.3. The second-order valence-electron chi connectivity index (χ2n) is 6.88. The van der Waals surface area contributed by atoms with Gasteiger partial charge in [-0.1, -0.05) is 29.8 Å². The van der Waals surface area contributed by atoms with Crippen LogP contribution in [0, 0.1) is 0 Å². The molecule has 7 heteroatoms. The Morgan fingerprint density at radius 1 is 1.00 bits per heavy atom. The number of thiazole rings is 1. The zero-order valence-corrected chi connectivity index (χ0v) is 18.5. The molecule has 30 heavy (non-hydrogen) atoms. The summed E-state index contributed by atoms with van der Waals surface area (Å²) in [5, 5.41) is 12.8. The van der Waals surface area contributed by atoms with Gasteiger partial charge in [-0.05, 0) is 53.4 Å². The SMILES string of the molecule is COc1ccc(-c2csc(N3N=C(c4ccc(Cl)cc4)CC3c3cccs3)n2)cc1. The fourth-order valence-electron chi connectivity index (χ4n) is 3.47. The molecular formula is C23H18ClN3OS2. The van der Waals surface area contributed by atoms with E-state index in [0.717, 1.165) is 44.9 Å². The van der Waals surface area contributed by atoms with Gasteiger partial charge in [0, 0.05) is 27.3 Å². The molecule has 1 aliphatic rings. The normalized spacial score (nSPS) is 16.0. The van der Waals surface area contributed by atoms with Gasteiger partial charge in [0.15, 0.2) is 0 Å². The van der Waals surface area contributed by atoms with Crippen LogP contribution in [0.25, 0.3) is 11.3 Å². The van der Waals surface area contributed by atoms with Crippen molar-refractivity contribution in [2.75, 3.05) is 12.1 Å². The van der Waals surface area contributed by atoms with Gasteiger partial charge in [0.25, 0.3) is 0 Å². The Bertz CT molecular complexity index is 1170. The molecule has 3 heterocycles. The lowest BCUT2D eigenvalue weighted by Crippen LogP contribution is -2.17. The third-order valence-corrected chi connectivity index (χ3v) is 7.09. The van der Waals surface area contributed by atoms with Crippen LogP contribution in [0.5, 0.6) is 5.75 Å². The summed E-state index contributed by atoms with van der Waals surface area (Å²) >= 11 is 9.43. The summed E-state index contributed by atoms with van der Waals surface area (Å²) < 4.78 is 5.26. The van der Waals surface area contributed by atoms with Crippen LogP contribution in [0.2, 0.25) is 5.02 Å². The summed E-state index contributed by atoms with van der Waals surface area (Å²) in [4.78, 5) is 6.18. The maximum absolute atomic E-state index is 6.07. The van der Waals surface area contributed by atoms with Crippen LogP contribution in [-0.2, 0) is 0 Å². The van der Waals surface area contributed by atoms with Gasteiger partial charge in [-0.15, -0.1) is 22.7 Å². The van der Waals surface area contributed by atoms with Crippen LogP contribution in [0.1, 0.15) is 22.9 Å². The molecule has 0 fully saturated rings. The monoisotopic (exact) mass is 451 g/mol. The maximum atomic E-state index is 6.07. The van der Waals surface area contributed by atoms with Gasteiger partial charge in [-0.25, -0.2) is 9.99 Å². The van der Waals surface area contributed by atoms with Crippen LogP contribution in [0.3, 0.4) is 0 Å². The standard InChI is InChI=1S/C23H18ClN3OS2/c1-28-18-10-6-16(7-11-18)20-14-30-23(25-20)27-21(22-3-2-12-29-22)13-19(26-27)15-4-8-17(24)9-5-15/h2-12,14,21H,13H2,1H3. The highest BCUT2D eigenvalue weighted by molar-refractivity contribution is 7.14. The smallest absolute Gasteiger partial charge is 0.207 e. The summed E-state index contributed by atoms with van der Waals surface area (Å²) in [5.74, 6) is 0.837. The number of benzene rings is 2. The van der Waals surface area contributed by atoms with Crippen molar-refractivity contribution in [2.45, 2.75) is 12.5 Å². The van der Waals surface area contributed by atoms with Crippen molar-refractivity contribution < 1.29 is 4.74 Å². The molecular weight excluding hydrogens is 434 g/mol. The van der Waals surface area contributed by atoms with Crippen molar-refractivity contribution in [1.29, 1.82) is 0 Å². The van der Waals surface area contributed by atoms with E-state index in [1.54, 1.807) is 29.8 Å². The van der Waals surface area contributed by atoms with E-state index >= 15 is 0 Å². The molecule has 2 aromatic carbocycles. The Kier molecular flexibility index (Phi) is 5.29. The quantitative estimate of drug-likeness (QED) is 0.331. The van der Waals surface area contributed by atoms with E-state index in [2.05, 4.69) is 27.9 Å². The maximum Gasteiger partial charge on any atom is 0.207 e. The van der Waals surface area contributed by atoms with Crippen molar-refractivity contribution in [3.05, 3.63) is 86.9 Å². The fraction of sp³-hybridized carbons (Fsp3) is 0.130. The number of halogens is 1. The molecule has 0 aliphatic carbocycles. The molecule has 4 nitrogen and oxygen atoms in total. The first-order valence-corrected chi connectivity index (χ1v) is 11.6. The van der Waals surface area contributed by atoms with Gasteiger partial charge in [0.2, 0.25) is 5.13 Å². The van der Waals surface area contributed by atoms with Crippen LogP contribution in [-0.4, -0.2) is 17.8 Å². The van der Waals surface area contributed by atoms with Crippen LogP contribution in [0.4, 0.5) is 5.13 Å². The number of hydrogen-bond acceptors (Lipinski definition) is 6. The van der Waals surface area contributed by atoms with Crippen LogP contribution in [0.15, 0.2) is 76.5 Å². The molecule has 4 aromatic rings. The summed E-state index contributed by atoms with van der Waals surface area (Å²) in [6.45, 7) is 0. The number of hydrazone groups is 1. The fourth-order valence-corrected chi connectivity index (χ4v) is 5.24. The lowest BCUT2D eigenvalue weighted by molar-refractivity contribution is 0.415. The van der Waals surface area contributed by atoms with Crippen molar-refractivity contribution >= 4 is 45.1 Å². The van der Waals surface area contributed by atoms with E-state index in [1.165, 1.54) is 4.88 Å². The highest BCUT2D eigenvalue weighted by Crippen LogP contribution is 2.40. The van der Waals surface area contributed by atoms with E-state index in [9.17, 15) is 0 Å². The second-order valence-corrected chi connectivity index (χ2v) is 9.13. The molecule has 1 atom stereocenters. The third kappa shape index (κ3) is 3.74. The topological polar surface area (TPSA) is 37.7 Å². The number of aromatic nitrogens is 1. The minimum atomic E-state index is 0.144. The third-order valence-electron chi connectivity index (χ3n) is 5.03. The van der Waals surface area contributed by atoms with Crippen LogP contribution < -0.4 is 9.75 Å². The molecule has 0 N–H and O–H groups in total. The molecule has 0 bridgehead atoms. The molecule has 1 aliphatic heterocycles. The zero-order chi connectivity index (χ0) is 20.5. The van der Waals surface area contributed by atoms with Gasteiger partial charge in [-0.2, -0.15) is 5.10 Å². The number of ether oxygens (including phenoxy) is 1. The lowest BCUT2D eigenvalue weighted by atomic mass is 10.0. The second kappa shape index (κ2) is 8.22. The number of thiophene rings is 1. The number of methoxy groups -OCH3 is 1. The van der Waals surface area contributed by atoms with Gasteiger partial charge in [0.05, 0.1) is 24.6 Å². The van der Waals surface area contributed by atoms with Crippen molar-refractivity contribution in [2.24, 2.45) is 5.10 Å². The predicted octanol–water partition coefficient (Wildman–Crippen LogP) is 6.89. The first-order valence-electron chi connectivity index (χ1n) is 9.47. The minimum Gasteiger partial charge on any atom is -0.497 e. The summed E-state index contributed by atoms with van der Waals surface area (Å²) in [6.07, 6.45) is 0.833. The largest absolute Gasteiger partial charge is 0.497 e. The highest BCUT2D eigenvalue weighted by atomic mass is 35.5. The minimum absolute atomic E-state index is 0.144. The number of hydrogen-bond donors (Lipinski definition) is 0. The van der Waals surface area contributed by atoms with E-state index in [4.69, 9.17) is 26.4 Å². The Morgan fingerprint density at radius 3 is 2.47 bits per heavy atom. The Balaban J connectivity index is 1.49. The first-order chi connectivity index (χ1) is 14.7. The summed E-state index contributed by atoms with van der Waals surface area (Å²) in [7, 11) is 1.67. The number of rotatable bonds is 5. The van der Waals surface area contributed by atoms with Gasteiger partial charge < -0.3 is 4.74 Å². The highest BCUT2D eigenvalue weighted by Gasteiger charge is 2.32. The molecule has 0 amide bonds. The molecule has 150 valence electrons. The van der Waals surface area contributed by atoms with E-state index in [0.29, 0.717) is 0 Å². The van der Waals surface area contributed by atoms with E-state index < -0.39 is 0 Å². The van der Waals surface area contributed by atoms with Crippen molar-refractivity contribution in [3.8, 4) is 17.0 Å². The molecule has 0 spiro atoms. The molecule has 2 aromatic heterocycles. The molecule has 0 saturated heterocycles. The van der Waals surface area contributed by atoms with E-state index in [1.807, 2.05) is 48.5 Å². The van der Waals surface area contributed by atoms with Gasteiger partial charge >= 0.3 is 0 Å². The zero-order valence-electron chi connectivity index (χ0n) is 16.2. The Morgan fingerprint density at radius 2 is 1.77 bits per heavy atom. The summed E-state index contributed by atoms with van der Waals surface area (Å²) in [6, 6.07) is 20.2. The summed E-state index contributed by atoms with van der Waals surface area (Å²) in [5.41, 5.74) is 4.14. The molecule has 0 saturated carbocycles. The Hall–Kier alpha value is -2.67. The van der Waals surface area contributed by atoms with Crippen molar-refractivity contribution in [3.63, 3.8) is 0 Å². The van der Waals surface area contributed by atoms with Crippen molar-refractivity contribution in [1.82, 2.24) is 4.98 Å². The number of anilines is 1. The van der Waals surface area contributed by atoms with Crippen LogP contribution >= 0.6 is 34.3 Å². The number of nitrogens with zero attached hydrogens (tertiary/aromatic N) is 3. The van der Waals surface area contributed by atoms with Gasteiger partial charge in [-0.3, -0.25) is 0 Å². The molecule has 1 unspecified atom stereocenters. The molecule has 5 rings (SSSR count). The average molecular weight is 452 g/mol. The van der Waals surface area contributed by atoms with Gasteiger partial charge in [0.1, 0.15) is 5.75 Å². The lowest BCUT2D eigenvalue weighted by Gasteiger charge is -2.19. The Labute approximate surface area is 188 Å².